The van der Waals surface area contributed by atoms with E-state index in [9.17, 15) is 23.1 Å². The first-order valence-electron chi connectivity index (χ1n) is 11.0. The number of aliphatic carboxylic acids is 1. The van der Waals surface area contributed by atoms with Crippen LogP contribution in [-0.2, 0) is 30.6 Å². The number of carboxylic acid groups (broad SMARTS) is 1. The van der Waals surface area contributed by atoms with E-state index in [1.807, 2.05) is 37.3 Å². The molecule has 0 saturated heterocycles. The number of carbonyl (C=O) groups is 2. The van der Waals surface area contributed by atoms with Crippen molar-refractivity contribution in [1.82, 2.24) is 10.6 Å². The third-order valence-electron chi connectivity index (χ3n) is 5.35. The molecule has 11 heteroatoms. The molecule has 1 amide bonds. The summed E-state index contributed by atoms with van der Waals surface area (Å²) in [7, 11) is -3.38. The van der Waals surface area contributed by atoms with E-state index >= 15 is 0 Å². The van der Waals surface area contributed by atoms with Crippen molar-refractivity contribution in [3.8, 4) is 0 Å². The largest absolute Gasteiger partial charge is 0.480 e. The number of nitrogens with two attached hydrogens (primary N) is 1. The maximum Gasteiger partial charge on any atom is 0.326 e. The fourth-order valence-corrected chi connectivity index (χ4v) is 3.88. The molecule has 5 atom stereocenters. The second-order valence-corrected chi connectivity index (χ2v) is 11.2. The molecule has 0 aromatic heterocycles. The summed E-state index contributed by atoms with van der Waals surface area (Å²) in [6, 6.07) is 7.83. The maximum atomic E-state index is 13.0. The molecular weight excluding hydrogens is 466 g/mol. The summed E-state index contributed by atoms with van der Waals surface area (Å²) in [6.07, 6.45) is 0.961. The number of thiol groups is 1. The van der Waals surface area contributed by atoms with E-state index in [-0.39, 0.29) is 42.5 Å². The summed E-state index contributed by atoms with van der Waals surface area (Å²) in [5, 5.41) is 14.9. The molecule has 0 radical (unpaired) electrons. The van der Waals surface area contributed by atoms with Gasteiger partial charge in [-0.2, -0.15) is 12.6 Å². The first-order valence-corrected chi connectivity index (χ1v) is 13.5. The van der Waals surface area contributed by atoms with Crippen molar-refractivity contribution in [1.29, 1.82) is 0 Å². The Balaban J connectivity index is 2.97. The number of rotatable bonds is 16. The van der Waals surface area contributed by atoms with Gasteiger partial charge >= 0.3 is 5.97 Å². The molecule has 188 valence electrons. The van der Waals surface area contributed by atoms with Gasteiger partial charge in [0, 0.05) is 25.3 Å². The minimum absolute atomic E-state index is 0.0835. The van der Waals surface area contributed by atoms with Crippen molar-refractivity contribution in [2.24, 2.45) is 11.7 Å². The SMILES string of the molecule is CC[C@@H](C)[C@@H](CO[C@@H](Cc1ccccc1)C(=O)N[C@@H](CCS(C)(=O)=O)C(=O)O)NC[C@@H](N)S. The summed E-state index contributed by atoms with van der Waals surface area (Å²) >= 11 is 4.19. The lowest BCUT2D eigenvalue weighted by atomic mass is 9.99. The normalized spacial score (nSPS) is 16.4. The van der Waals surface area contributed by atoms with Crippen LogP contribution in [-0.4, -0.2) is 74.1 Å². The Bertz CT molecular complexity index is 836. The van der Waals surface area contributed by atoms with Gasteiger partial charge in [0.2, 0.25) is 5.91 Å². The smallest absolute Gasteiger partial charge is 0.326 e. The van der Waals surface area contributed by atoms with Crippen molar-refractivity contribution in [2.45, 2.75) is 56.7 Å². The second-order valence-electron chi connectivity index (χ2n) is 8.30. The summed E-state index contributed by atoms with van der Waals surface area (Å²) in [5.74, 6) is -2.02. The summed E-state index contributed by atoms with van der Waals surface area (Å²) in [4.78, 5) is 24.6. The topological polar surface area (TPSA) is 148 Å². The molecule has 1 aromatic carbocycles. The third kappa shape index (κ3) is 12.4. The minimum Gasteiger partial charge on any atom is -0.480 e. The zero-order chi connectivity index (χ0) is 25.0. The first-order chi connectivity index (χ1) is 15.4. The van der Waals surface area contributed by atoms with Crippen LogP contribution >= 0.6 is 12.6 Å². The van der Waals surface area contributed by atoms with Gasteiger partial charge < -0.3 is 26.2 Å². The van der Waals surface area contributed by atoms with E-state index in [2.05, 4.69) is 30.2 Å². The molecular formula is C22H37N3O6S2. The molecule has 0 bridgehead atoms. The molecule has 0 unspecified atom stereocenters. The van der Waals surface area contributed by atoms with E-state index in [4.69, 9.17) is 10.5 Å². The predicted octanol–water partition coefficient (Wildman–Crippen LogP) is 0.837. The highest BCUT2D eigenvalue weighted by molar-refractivity contribution is 7.90. The molecule has 9 nitrogen and oxygen atoms in total. The average molecular weight is 504 g/mol. The fraction of sp³-hybridized carbons (Fsp3) is 0.636. The van der Waals surface area contributed by atoms with Gasteiger partial charge in [-0.25, -0.2) is 13.2 Å². The van der Waals surface area contributed by atoms with Gasteiger partial charge in [-0.1, -0.05) is 50.6 Å². The van der Waals surface area contributed by atoms with Crippen LogP contribution in [0, 0.1) is 5.92 Å². The molecule has 1 rings (SSSR count). The van der Waals surface area contributed by atoms with Gasteiger partial charge in [0.15, 0.2) is 0 Å². The summed E-state index contributed by atoms with van der Waals surface area (Å²) in [6.45, 7) is 4.78. The van der Waals surface area contributed by atoms with Crippen LogP contribution in [0.3, 0.4) is 0 Å². The van der Waals surface area contributed by atoms with Crippen molar-refractivity contribution in [2.75, 3.05) is 25.2 Å². The van der Waals surface area contributed by atoms with Crippen LogP contribution in [0.5, 0.6) is 0 Å². The Labute approximate surface area is 202 Å². The number of benzene rings is 1. The zero-order valence-corrected chi connectivity index (χ0v) is 21.1. The van der Waals surface area contributed by atoms with E-state index in [0.29, 0.717) is 6.54 Å². The number of carboxylic acids is 1. The third-order valence-corrected chi connectivity index (χ3v) is 6.51. The van der Waals surface area contributed by atoms with Crippen LogP contribution in [0.1, 0.15) is 32.3 Å². The minimum atomic E-state index is -3.38. The molecule has 0 saturated carbocycles. The zero-order valence-electron chi connectivity index (χ0n) is 19.4. The van der Waals surface area contributed by atoms with Gasteiger partial charge in [0.05, 0.1) is 17.7 Å². The van der Waals surface area contributed by atoms with Crippen molar-refractivity contribution >= 4 is 34.3 Å². The van der Waals surface area contributed by atoms with Crippen molar-refractivity contribution in [3.63, 3.8) is 0 Å². The van der Waals surface area contributed by atoms with Crippen molar-refractivity contribution in [3.05, 3.63) is 35.9 Å². The number of sulfone groups is 1. The lowest BCUT2D eigenvalue weighted by molar-refractivity contribution is -0.144. The highest BCUT2D eigenvalue weighted by Gasteiger charge is 2.28. The quantitative estimate of drug-likeness (QED) is 0.165. The second kappa shape index (κ2) is 14.6. The fourth-order valence-electron chi connectivity index (χ4n) is 3.11. The number of hydrogen-bond acceptors (Lipinski definition) is 8. The molecule has 0 fully saturated rings. The molecule has 0 aliphatic rings. The van der Waals surface area contributed by atoms with Gasteiger partial charge in [-0.15, -0.1) is 0 Å². The lowest BCUT2D eigenvalue weighted by Gasteiger charge is -2.28. The number of amides is 1. The molecule has 33 heavy (non-hydrogen) atoms. The molecule has 0 spiro atoms. The maximum absolute atomic E-state index is 13.0. The van der Waals surface area contributed by atoms with Gasteiger partial charge in [-0.3, -0.25) is 4.79 Å². The molecule has 0 aliphatic carbocycles. The molecule has 0 aliphatic heterocycles. The van der Waals surface area contributed by atoms with Crippen molar-refractivity contribution < 1.29 is 27.9 Å². The molecule has 0 heterocycles. The van der Waals surface area contributed by atoms with Gasteiger partial charge in [0.25, 0.3) is 0 Å². The van der Waals surface area contributed by atoms with Crippen LogP contribution in [0.25, 0.3) is 0 Å². The first kappa shape index (κ1) is 29.4. The highest BCUT2D eigenvalue weighted by Crippen LogP contribution is 2.13. The van der Waals surface area contributed by atoms with E-state index < -0.39 is 33.9 Å². The number of ether oxygens (including phenoxy) is 1. The van der Waals surface area contributed by atoms with E-state index in [0.717, 1.165) is 18.2 Å². The van der Waals surface area contributed by atoms with Crippen LogP contribution in [0.15, 0.2) is 30.3 Å². The Morgan fingerprint density at radius 3 is 2.39 bits per heavy atom. The van der Waals surface area contributed by atoms with Crippen LogP contribution in [0.4, 0.5) is 0 Å². The summed E-state index contributed by atoms with van der Waals surface area (Å²) in [5.41, 5.74) is 6.58. The van der Waals surface area contributed by atoms with E-state index in [1.54, 1.807) is 0 Å². The van der Waals surface area contributed by atoms with Crippen LogP contribution in [0.2, 0.25) is 0 Å². The summed E-state index contributed by atoms with van der Waals surface area (Å²) < 4.78 is 28.9. The van der Waals surface area contributed by atoms with Crippen LogP contribution < -0.4 is 16.4 Å². The highest BCUT2D eigenvalue weighted by atomic mass is 32.2. The Morgan fingerprint density at radius 2 is 1.88 bits per heavy atom. The van der Waals surface area contributed by atoms with Gasteiger partial charge in [-0.05, 0) is 17.9 Å². The Morgan fingerprint density at radius 1 is 1.24 bits per heavy atom. The monoisotopic (exact) mass is 503 g/mol. The van der Waals surface area contributed by atoms with Gasteiger partial charge in [0.1, 0.15) is 22.0 Å². The lowest BCUT2D eigenvalue weighted by Crippen LogP contribution is -2.49. The molecule has 1 aromatic rings. The number of carbonyl (C=O) groups excluding carboxylic acids is 1. The van der Waals surface area contributed by atoms with E-state index in [1.165, 1.54) is 0 Å². The average Bonchev–Trinajstić information content (AvgIpc) is 2.74. The standard InChI is InChI=1S/C22H37N3O6S2/c1-4-15(2)18(24-13-20(23)32)14-31-19(12-16-8-6-5-7-9-16)21(26)25-17(22(27)28)10-11-33(3,29)30/h5-9,15,17-20,24,32H,4,10-14,23H2,1-3H3,(H,25,26)(H,27,28)/t15-,17+,18-,19+,20+/m1/s1. The predicted molar refractivity (Wildman–Crippen MR) is 132 cm³/mol. The number of hydrogen-bond donors (Lipinski definition) is 5. The Kier molecular flexibility index (Phi) is 13.0. The molecule has 5 N–H and O–H groups in total. The Hall–Kier alpha value is -1.66. The number of nitrogens with one attached hydrogen (secondary N) is 2.